The monoisotopic (exact) mass is 307 g/mol. The molecule has 0 bridgehead atoms. The molecule has 2 atom stereocenters. The summed E-state index contributed by atoms with van der Waals surface area (Å²) in [6.07, 6.45) is 3.36. The number of aliphatic hydroxyl groups is 1. The number of rotatable bonds is 5. The number of nitro benzene ring substituents is 1. The molecule has 0 spiro atoms. The molecule has 1 fully saturated rings. The summed E-state index contributed by atoms with van der Waals surface area (Å²) >= 11 is 0. The number of nitro groups is 1. The second-order valence-corrected chi connectivity index (χ2v) is 5.49. The molecular formula is C15H21N3O4. The third kappa shape index (κ3) is 4.42. The van der Waals surface area contributed by atoms with Gasteiger partial charge in [0.1, 0.15) is 0 Å². The molecule has 2 rings (SSSR count). The Morgan fingerprint density at radius 2 is 2.05 bits per heavy atom. The van der Waals surface area contributed by atoms with Crippen LogP contribution in [0.15, 0.2) is 24.3 Å². The SMILES string of the molecule is O=C(NCCc1ccccc1[N+](=O)[O-])NC1CCCCC1O. The van der Waals surface area contributed by atoms with Gasteiger partial charge in [0.05, 0.1) is 17.1 Å². The lowest BCUT2D eigenvalue weighted by molar-refractivity contribution is -0.385. The van der Waals surface area contributed by atoms with Gasteiger partial charge >= 0.3 is 6.03 Å². The van der Waals surface area contributed by atoms with E-state index in [4.69, 9.17) is 0 Å². The van der Waals surface area contributed by atoms with Crippen molar-refractivity contribution < 1.29 is 14.8 Å². The van der Waals surface area contributed by atoms with Crippen LogP contribution >= 0.6 is 0 Å². The number of nitrogens with zero attached hydrogens (tertiary/aromatic N) is 1. The molecule has 2 amide bonds. The van der Waals surface area contributed by atoms with E-state index in [1.165, 1.54) is 6.07 Å². The summed E-state index contributed by atoms with van der Waals surface area (Å²) in [4.78, 5) is 22.3. The molecule has 1 aliphatic rings. The Kier molecular flexibility index (Phi) is 5.71. The van der Waals surface area contributed by atoms with Gasteiger partial charge in [0.25, 0.3) is 5.69 Å². The van der Waals surface area contributed by atoms with E-state index in [0.717, 1.165) is 19.3 Å². The van der Waals surface area contributed by atoms with Crippen LogP contribution in [0.25, 0.3) is 0 Å². The third-order valence-corrected chi connectivity index (χ3v) is 3.91. The average molecular weight is 307 g/mol. The summed E-state index contributed by atoms with van der Waals surface area (Å²) < 4.78 is 0. The lowest BCUT2D eigenvalue weighted by atomic mass is 9.93. The fourth-order valence-electron chi connectivity index (χ4n) is 2.71. The lowest BCUT2D eigenvalue weighted by Crippen LogP contribution is -2.49. The Bertz CT molecular complexity index is 535. The summed E-state index contributed by atoms with van der Waals surface area (Å²) in [5, 5.41) is 26.1. The van der Waals surface area contributed by atoms with Gasteiger partial charge in [-0.05, 0) is 19.3 Å². The van der Waals surface area contributed by atoms with Crippen molar-refractivity contribution in [1.29, 1.82) is 0 Å². The van der Waals surface area contributed by atoms with E-state index in [1.54, 1.807) is 18.2 Å². The highest BCUT2D eigenvalue weighted by Crippen LogP contribution is 2.19. The van der Waals surface area contributed by atoms with Crippen LogP contribution in [-0.2, 0) is 6.42 Å². The van der Waals surface area contributed by atoms with Crippen LogP contribution in [0.5, 0.6) is 0 Å². The maximum Gasteiger partial charge on any atom is 0.315 e. The molecule has 7 heteroatoms. The highest BCUT2D eigenvalue weighted by molar-refractivity contribution is 5.74. The van der Waals surface area contributed by atoms with Crippen molar-refractivity contribution in [3.8, 4) is 0 Å². The van der Waals surface area contributed by atoms with Crippen molar-refractivity contribution in [3.63, 3.8) is 0 Å². The fourth-order valence-corrected chi connectivity index (χ4v) is 2.71. The Morgan fingerprint density at radius 3 is 2.77 bits per heavy atom. The number of carbonyl (C=O) groups excluding carboxylic acids is 1. The van der Waals surface area contributed by atoms with Gasteiger partial charge in [0.15, 0.2) is 0 Å². The molecule has 0 heterocycles. The minimum absolute atomic E-state index is 0.0624. The van der Waals surface area contributed by atoms with Gasteiger partial charge in [0, 0.05) is 18.2 Å². The molecule has 22 heavy (non-hydrogen) atoms. The number of para-hydroxylation sites is 1. The van der Waals surface area contributed by atoms with Gasteiger partial charge in [-0.2, -0.15) is 0 Å². The second-order valence-electron chi connectivity index (χ2n) is 5.49. The van der Waals surface area contributed by atoms with Crippen molar-refractivity contribution in [3.05, 3.63) is 39.9 Å². The first kappa shape index (κ1) is 16.2. The molecule has 1 aliphatic carbocycles. The van der Waals surface area contributed by atoms with Crippen molar-refractivity contribution in [2.45, 2.75) is 44.2 Å². The van der Waals surface area contributed by atoms with Crippen molar-refractivity contribution in [2.75, 3.05) is 6.54 Å². The molecule has 120 valence electrons. The molecular weight excluding hydrogens is 286 g/mol. The van der Waals surface area contributed by atoms with Crippen LogP contribution in [0.4, 0.5) is 10.5 Å². The normalized spacial score (nSPS) is 21.1. The number of aliphatic hydroxyl groups excluding tert-OH is 1. The Hall–Kier alpha value is -2.15. The fraction of sp³-hybridized carbons (Fsp3) is 0.533. The number of benzene rings is 1. The van der Waals surface area contributed by atoms with Crippen LogP contribution < -0.4 is 10.6 Å². The Balaban J connectivity index is 1.78. The minimum atomic E-state index is -0.491. The van der Waals surface area contributed by atoms with Gasteiger partial charge in [-0.15, -0.1) is 0 Å². The molecule has 0 radical (unpaired) electrons. The highest BCUT2D eigenvalue weighted by Gasteiger charge is 2.24. The van der Waals surface area contributed by atoms with Crippen molar-refractivity contribution >= 4 is 11.7 Å². The molecule has 1 saturated carbocycles. The smallest absolute Gasteiger partial charge is 0.315 e. The quantitative estimate of drug-likeness (QED) is 0.569. The predicted molar refractivity (Wildman–Crippen MR) is 81.6 cm³/mol. The zero-order valence-electron chi connectivity index (χ0n) is 12.3. The van der Waals surface area contributed by atoms with Crippen LogP contribution in [0.3, 0.4) is 0 Å². The zero-order valence-corrected chi connectivity index (χ0v) is 12.3. The van der Waals surface area contributed by atoms with Gasteiger partial charge in [-0.1, -0.05) is 31.0 Å². The van der Waals surface area contributed by atoms with Crippen LogP contribution in [0.1, 0.15) is 31.2 Å². The van der Waals surface area contributed by atoms with E-state index < -0.39 is 11.0 Å². The van der Waals surface area contributed by atoms with E-state index in [0.29, 0.717) is 24.9 Å². The number of carbonyl (C=O) groups is 1. The Morgan fingerprint density at radius 1 is 1.32 bits per heavy atom. The molecule has 1 aromatic carbocycles. The van der Waals surface area contributed by atoms with Gasteiger partial charge < -0.3 is 15.7 Å². The molecule has 3 N–H and O–H groups in total. The first-order chi connectivity index (χ1) is 10.6. The van der Waals surface area contributed by atoms with E-state index in [-0.39, 0.29) is 17.8 Å². The number of amides is 2. The maximum absolute atomic E-state index is 11.8. The number of nitrogens with one attached hydrogen (secondary N) is 2. The Labute approximate surface area is 128 Å². The number of urea groups is 1. The second kappa shape index (κ2) is 7.74. The number of hydrogen-bond donors (Lipinski definition) is 3. The minimum Gasteiger partial charge on any atom is -0.391 e. The predicted octanol–water partition coefficient (Wildman–Crippen LogP) is 1.74. The lowest BCUT2D eigenvalue weighted by Gasteiger charge is -2.28. The van der Waals surface area contributed by atoms with Crippen LogP contribution in [-0.4, -0.2) is 34.8 Å². The third-order valence-electron chi connectivity index (χ3n) is 3.91. The highest BCUT2D eigenvalue weighted by atomic mass is 16.6. The van der Waals surface area contributed by atoms with Gasteiger partial charge in [-0.3, -0.25) is 10.1 Å². The van der Waals surface area contributed by atoms with Crippen molar-refractivity contribution in [1.82, 2.24) is 10.6 Å². The maximum atomic E-state index is 11.8. The summed E-state index contributed by atoms with van der Waals surface area (Å²) in [7, 11) is 0. The summed E-state index contributed by atoms with van der Waals surface area (Å²) in [6.45, 7) is 0.305. The molecule has 0 aromatic heterocycles. The first-order valence-electron chi connectivity index (χ1n) is 7.52. The van der Waals surface area contributed by atoms with Crippen LogP contribution in [0, 0.1) is 10.1 Å². The topological polar surface area (TPSA) is 104 Å². The van der Waals surface area contributed by atoms with Crippen molar-refractivity contribution in [2.24, 2.45) is 0 Å². The molecule has 1 aromatic rings. The van der Waals surface area contributed by atoms with Gasteiger partial charge in [-0.25, -0.2) is 4.79 Å². The van der Waals surface area contributed by atoms with E-state index >= 15 is 0 Å². The molecule has 2 unspecified atom stereocenters. The summed E-state index contributed by atoms with van der Waals surface area (Å²) in [5.41, 5.74) is 0.651. The van der Waals surface area contributed by atoms with E-state index in [9.17, 15) is 20.0 Å². The average Bonchev–Trinajstić information content (AvgIpc) is 2.50. The number of hydrogen-bond acceptors (Lipinski definition) is 4. The molecule has 7 nitrogen and oxygen atoms in total. The summed E-state index contributed by atoms with van der Waals surface area (Å²) in [5.74, 6) is 0. The standard InChI is InChI=1S/C15H21N3O4/c19-14-8-4-2-6-12(14)17-15(20)16-10-9-11-5-1-3-7-13(11)18(21)22/h1,3,5,7,12,14,19H,2,4,6,8-10H2,(H2,16,17,20). The van der Waals surface area contributed by atoms with Crippen LogP contribution in [0.2, 0.25) is 0 Å². The van der Waals surface area contributed by atoms with E-state index in [1.807, 2.05) is 0 Å². The summed E-state index contributed by atoms with van der Waals surface area (Å²) in [6, 6.07) is 5.94. The first-order valence-corrected chi connectivity index (χ1v) is 7.52. The largest absolute Gasteiger partial charge is 0.391 e. The van der Waals surface area contributed by atoms with Gasteiger partial charge in [0.2, 0.25) is 0 Å². The zero-order chi connectivity index (χ0) is 15.9. The van der Waals surface area contributed by atoms with E-state index in [2.05, 4.69) is 10.6 Å². The molecule has 0 aliphatic heterocycles. The molecule has 0 saturated heterocycles.